The SMILES string of the molecule is Cc1cc(C)c(-c2ccccc2)c([O-])c1.[Li+]. The zero-order valence-corrected chi connectivity index (χ0v) is 9.95. The predicted molar refractivity (Wildman–Crippen MR) is 60.8 cm³/mol. The summed E-state index contributed by atoms with van der Waals surface area (Å²) in [5.74, 6) is 0.110. The van der Waals surface area contributed by atoms with Crippen molar-refractivity contribution in [1.82, 2.24) is 0 Å². The van der Waals surface area contributed by atoms with Crippen molar-refractivity contribution in [3.05, 3.63) is 53.6 Å². The molecule has 0 spiro atoms. The molecule has 0 amide bonds. The molecule has 16 heavy (non-hydrogen) atoms. The van der Waals surface area contributed by atoms with Crippen LogP contribution in [0.3, 0.4) is 0 Å². The van der Waals surface area contributed by atoms with E-state index in [2.05, 4.69) is 0 Å². The molecule has 0 aliphatic carbocycles. The standard InChI is InChI=1S/C14H14O.Li/c1-10-8-11(2)14(13(15)9-10)12-6-4-3-5-7-12;/h3-9,15H,1-2H3;/q;+1/p-1. The van der Waals surface area contributed by atoms with Gasteiger partial charge in [-0.15, -0.1) is 5.75 Å². The summed E-state index contributed by atoms with van der Waals surface area (Å²) in [5, 5.41) is 11.9. The van der Waals surface area contributed by atoms with Crippen LogP contribution >= 0.6 is 0 Å². The zero-order chi connectivity index (χ0) is 10.8. The number of aryl methyl sites for hydroxylation is 2. The van der Waals surface area contributed by atoms with Crippen LogP contribution in [0.5, 0.6) is 5.75 Å². The van der Waals surface area contributed by atoms with Crippen molar-refractivity contribution in [2.24, 2.45) is 0 Å². The van der Waals surface area contributed by atoms with Gasteiger partial charge in [0.05, 0.1) is 0 Å². The zero-order valence-electron chi connectivity index (χ0n) is 9.95. The molecule has 0 atom stereocenters. The van der Waals surface area contributed by atoms with Crippen LogP contribution in [0.1, 0.15) is 11.1 Å². The van der Waals surface area contributed by atoms with Crippen molar-refractivity contribution >= 4 is 0 Å². The first-order valence-corrected chi connectivity index (χ1v) is 5.02. The fourth-order valence-corrected chi connectivity index (χ4v) is 1.90. The Balaban J connectivity index is 0.00000128. The quantitative estimate of drug-likeness (QED) is 0.602. The third kappa shape index (κ3) is 2.50. The monoisotopic (exact) mass is 204 g/mol. The van der Waals surface area contributed by atoms with Gasteiger partial charge < -0.3 is 5.11 Å². The second-order valence-corrected chi connectivity index (χ2v) is 3.82. The summed E-state index contributed by atoms with van der Waals surface area (Å²) < 4.78 is 0. The summed E-state index contributed by atoms with van der Waals surface area (Å²) in [6, 6.07) is 13.5. The maximum Gasteiger partial charge on any atom is 1.00 e. The van der Waals surface area contributed by atoms with Gasteiger partial charge in [0.25, 0.3) is 0 Å². The molecule has 0 heterocycles. The Morgan fingerprint density at radius 2 is 1.56 bits per heavy atom. The molecule has 0 saturated carbocycles. The Bertz CT molecular complexity index is 454. The van der Waals surface area contributed by atoms with Gasteiger partial charge in [-0.3, -0.25) is 0 Å². The Morgan fingerprint density at radius 3 is 2.12 bits per heavy atom. The molecule has 0 aliphatic heterocycles. The van der Waals surface area contributed by atoms with Crippen LogP contribution in [0.15, 0.2) is 42.5 Å². The van der Waals surface area contributed by atoms with Crippen molar-refractivity contribution in [3.63, 3.8) is 0 Å². The minimum absolute atomic E-state index is 0. The number of hydrogen-bond donors (Lipinski definition) is 0. The van der Waals surface area contributed by atoms with Crippen LogP contribution in [0.2, 0.25) is 0 Å². The molecule has 0 fully saturated rings. The first kappa shape index (κ1) is 12.9. The van der Waals surface area contributed by atoms with Gasteiger partial charge in [-0.05, 0) is 30.5 Å². The minimum atomic E-state index is 0. The molecule has 0 aliphatic rings. The van der Waals surface area contributed by atoms with Crippen LogP contribution in [-0.2, 0) is 0 Å². The van der Waals surface area contributed by atoms with Crippen molar-refractivity contribution in [3.8, 4) is 16.9 Å². The predicted octanol–water partition coefficient (Wildman–Crippen LogP) is 0.0480. The largest absolute Gasteiger partial charge is 1.00 e. The molecule has 0 aromatic heterocycles. The Hall–Kier alpha value is -1.16. The topological polar surface area (TPSA) is 23.1 Å². The summed E-state index contributed by atoms with van der Waals surface area (Å²) in [4.78, 5) is 0. The molecule has 2 aromatic rings. The average Bonchev–Trinajstić information content (AvgIpc) is 2.17. The molecule has 0 unspecified atom stereocenters. The van der Waals surface area contributed by atoms with Crippen molar-refractivity contribution in [2.75, 3.05) is 0 Å². The Labute approximate surface area is 108 Å². The van der Waals surface area contributed by atoms with E-state index in [1.165, 1.54) is 0 Å². The molecule has 0 bridgehead atoms. The van der Waals surface area contributed by atoms with Gasteiger partial charge >= 0.3 is 18.9 Å². The average molecular weight is 204 g/mol. The third-order valence-electron chi connectivity index (χ3n) is 2.51. The van der Waals surface area contributed by atoms with Crippen LogP contribution < -0.4 is 24.0 Å². The number of rotatable bonds is 1. The van der Waals surface area contributed by atoms with Gasteiger partial charge in [-0.1, -0.05) is 48.0 Å². The van der Waals surface area contributed by atoms with E-state index in [0.717, 1.165) is 22.3 Å². The summed E-state index contributed by atoms with van der Waals surface area (Å²) in [6.45, 7) is 3.93. The van der Waals surface area contributed by atoms with Crippen molar-refractivity contribution in [2.45, 2.75) is 13.8 Å². The van der Waals surface area contributed by atoms with Crippen LogP contribution in [0.4, 0.5) is 0 Å². The second-order valence-electron chi connectivity index (χ2n) is 3.82. The fourth-order valence-electron chi connectivity index (χ4n) is 1.90. The maximum atomic E-state index is 11.9. The van der Waals surface area contributed by atoms with Gasteiger partial charge in [0.2, 0.25) is 0 Å². The first-order chi connectivity index (χ1) is 7.18. The maximum absolute atomic E-state index is 11.9. The molecule has 2 heteroatoms. The van der Waals surface area contributed by atoms with E-state index in [0.29, 0.717) is 0 Å². The van der Waals surface area contributed by atoms with E-state index in [1.54, 1.807) is 6.07 Å². The third-order valence-corrected chi connectivity index (χ3v) is 2.51. The van der Waals surface area contributed by atoms with E-state index >= 15 is 0 Å². The van der Waals surface area contributed by atoms with E-state index in [4.69, 9.17) is 0 Å². The van der Waals surface area contributed by atoms with E-state index < -0.39 is 0 Å². The van der Waals surface area contributed by atoms with Gasteiger partial charge in [0.15, 0.2) is 0 Å². The Kier molecular flexibility index (Phi) is 4.24. The molecule has 1 nitrogen and oxygen atoms in total. The molecule has 2 aromatic carbocycles. The fraction of sp³-hybridized carbons (Fsp3) is 0.143. The minimum Gasteiger partial charge on any atom is -0.872 e. The molecule has 0 radical (unpaired) electrons. The summed E-state index contributed by atoms with van der Waals surface area (Å²) in [6.07, 6.45) is 0. The molecular weight excluding hydrogens is 191 g/mol. The molecular formula is C14H13LiO. The Morgan fingerprint density at radius 1 is 0.938 bits per heavy atom. The number of benzene rings is 2. The smallest absolute Gasteiger partial charge is 0.872 e. The summed E-state index contributed by atoms with van der Waals surface area (Å²) in [7, 11) is 0. The van der Waals surface area contributed by atoms with Crippen LogP contribution in [0, 0.1) is 13.8 Å². The summed E-state index contributed by atoms with van der Waals surface area (Å²) in [5.41, 5.74) is 3.89. The van der Waals surface area contributed by atoms with Gasteiger partial charge in [0, 0.05) is 0 Å². The molecule has 2 rings (SSSR count). The molecule has 76 valence electrons. The van der Waals surface area contributed by atoms with E-state index in [1.807, 2.05) is 50.2 Å². The second kappa shape index (κ2) is 5.25. The van der Waals surface area contributed by atoms with Crippen LogP contribution in [0.25, 0.3) is 11.1 Å². The van der Waals surface area contributed by atoms with Crippen LogP contribution in [-0.4, -0.2) is 0 Å². The van der Waals surface area contributed by atoms with E-state index in [9.17, 15) is 5.11 Å². The molecule has 0 saturated heterocycles. The van der Waals surface area contributed by atoms with Crippen molar-refractivity contribution < 1.29 is 24.0 Å². The van der Waals surface area contributed by atoms with Gasteiger partial charge in [-0.25, -0.2) is 0 Å². The molecule has 0 N–H and O–H groups in total. The van der Waals surface area contributed by atoms with Crippen molar-refractivity contribution in [1.29, 1.82) is 0 Å². The van der Waals surface area contributed by atoms with E-state index in [-0.39, 0.29) is 24.6 Å². The first-order valence-electron chi connectivity index (χ1n) is 5.02. The summed E-state index contributed by atoms with van der Waals surface area (Å²) >= 11 is 0. The van der Waals surface area contributed by atoms with Gasteiger partial charge in [-0.2, -0.15) is 0 Å². The normalized spacial score (nSPS) is 9.62. The number of hydrogen-bond acceptors (Lipinski definition) is 1. The van der Waals surface area contributed by atoms with Gasteiger partial charge in [0.1, 0.15) is 0 Å².